The summed E-state index contributed by atoms with van der Waals surface area (Å²) in [5.74, 6) is 0.602. The van der Waals surface area contributed by atoms with E-state index in [1.54, 1.807) is 6.07 Å². The summed E-state index contributed by atoms with van der Waals surface area (Å²) in [6, 6.07) is 17.2. The van der Waals surface area contributed by atoms with Gasteiger partial charge >= 0.3 is 5.63 Å². The number of nitrogens with zero attached hydrogens (tertiary/aromatic N) is 3. The number of hydrogen-bond acceptors (Lipinski definition) is 6. The van der Waals surface area contributed by atoms with Crippen LogP contribution in [-0.4, -0.2) is 23.2 Å². The van der Waals surface area contributed by atoms with E-state index in [2.05, 4.69) is 21.1 Å². The standard InChI is InChI=1S/C22H19N3O3/c26-22-18(20-23-21(28-24-20)15-7-3-1-4-8-15)13-16-9-10-17(14-19(16)27-22)25-11-5-2-6-12-25/h1,3-4,7-10,13-14H,2,5-6,11-12H2. The van der Waals surface area contributed by atoms with Crippen LogP contribution in [-0.2, 0) is 0 Å². The summed E-state index contributed by atoms with van der Waals surface area (Å²) in [4.78, 5) is 19.3. The molecule has 1 fully saturated rings. The number of fused-ring (bicyclic) bond motifs is 1. The lowest BCUT2D eigenvalue weighted by Crippen LogP contribution is -2.29. The van der Waals surface area contributed by atoms with Crippen LogP contribution in [0.25, 0.3) is 33.8 Å². The first-order chi connectivity index (χ1) is 13.8. The Balaban J connectivity index is 1.51. The molecule has 5 rings (SSSR count). The fraction of sp³-hybridized carbons (Fsp3) is 0.227. The Labute approximate surface area is 161 Å². The van der Waals surface area contributed by atoms with Crippen LogP contribution in [0.3, 0.4) is 0 Å². The molecular formula is C22H19N3O3. The number of benzene rings is 2. The van der Waals surface area contributed by atoms with E-state index < -0.39 is 5.63 Å². The maximum Gasteiger partial charge on any atom is 0.347 e. The van der Waals surface area contributed by atoms with Gasteiger partial charge in [-0.25, -0.2) is 4.79 Å². The van der Waals surface area contributed by atoms with Gasteiger partial charge in [-0.2, -0.15) is 4.98 Å². The number of anilines is 1. The predicted octanol–water partition coefficient (Wildman–Crippen LogP) is 4.50. The van der Waals surface area contributed by atoms with E-state index in [9.17, 15) is 4.79 Å². The highest BCUT2D eigenvalue weighted by molar-refractivity contribution is 5.83. The molecule has 0 bridgehead atoms. The van der Waals surface area contributed by atoms with E-state index in [-0.39, 0.29) is 5.82 Å². The van der Waals surface area contributed by atoms with E-state index in [1.165, 1.54) is 19.3 Å². The molecule has 2 aromatic heterocycles. The molecule has 3 heterocycles. The first-order valence-corrected chi connectivity index (χ1v) is 9.50. The van der Waals surface area contributed by atoms with Crippen LogP contribution in [0.1, 0.15) is 19.3 Å². The van der Waals surface area contributed by atoms with Gasteiger partial charge in [0, 0.05) is 35.8 Å². The van der Waals surface area contributed by atoms with Crippen molar-refractivity contribution in [3.8, 4) is 22.8 Å². The van der Waals surface area contributed by atoms with Crippen molar-refractivity contribution in [1.29, 1.82) is 0 Å². The number of piperidine rings is 1. The summed E-state index contributed by atoms with van der Waals surface area (Å²) in [6.07, 6.45) is 3.67. The van der Waals surface area contributed by atoms with Crippen LogP contribution < -0.4 is 10.5 Å². The minimum Gasteiger partial charge on any atom is -0.422 e. The highest BCUT2D eigenvalue weighted by Gasteiger charge is 2.17. The third kappa shape index (κ3) is 3.07. The van der Waals surface area contributed by atoms with Crippen LogP contribution in [0.5, 0.6) is 0 Å². The molecular weight excluding hydrogens is 354 g/mol. The molecule has 6 heteroatoms. The van der Waals surface area contributed by atoms with E-state index in [1.807, 2.05) is 42.5 Å². The lowest BCUT2D eigenvalue weighted by atomic mass is 10.1. The van der Waals surface area contributed by atoms with Crippen LogP contribution in [0.15, 0.2) is 68.3 Å². The van der Waals surface area contributed by atoms with Crippen molar-refractivity contribution < 1.29 is 8.94 Å². The average Bonchev–Trinajstić information content (AvgIpc) is 3.24. The predicted molar refractivity (Wildman–Crippen MR) is 107 cm³/mol. The van der Waals surface area contributed by atoms with Crippen molar-refractivity contribution in [2.75, 3.05) is 18.0 Å². The molecule has 1 aliphatic rings. The van der Waals surface area contributed by atoms with E-state index in [0.717, 1.165) is 29.7 Å². The van der Waals surface area contributed by atoms with E-state index in [0.29, 0.717) is 17.0 Å². The molecule has 2 aromatic carbocycles. The van der Waals surface area contributed by atoms with Gasteiger partial charge in [0.15, 0.2) is 0 Å². The number of hydrogen-bond donors (Lipinski definition) is 0. The van der Waals surface area contributed by atoms with E-state index >= 15 is 0 Å². The highest BCUT2D eigenvalue weighted by Crippen LogP contribution is 2.27. The summed E-state index contributed by atoms with van der Waals surface area (Å²) in [5, 5.41) is 4.80. The van der Waals surface area contributed by atoms with Crippen molar-refractivity contribution in [2.24, 2.45) is 0 Å². The third-order valence-corrected chi connectivity index (χ3v) is 5.13. The largest absolute Gasteiger partial charge is 0.422 e. The molecule has 4 aromatic rings. The normalized spacial score (nSPS) is 14.5. The molecule has 0 radical (unpaired) electrons. The fourth-order valence-corrected chi connectivity index (χ4v) is 3.64. The van der Waals surface area contributed by atoms with Crippen molar-refractivity contribution in [3.05, 3.63) is 65.0 Å². The van der Waals surface area contributed by atoms with Crippen LogP contribution in [0, 0.1) is 0 Å². The maximum absolute atomic E-state index is 12.6. The summed E-state index contributed by atoms with van der Waals surface area (Å²) < 4.78 is 10.9. The second-order valence-electron chi connectivity index (χ2n) is 7.01. The van der Waals surface area contributed by atoms with Gasteiger partial charge in [-0.1, -0.05) is 23.4 Å². The van der Waals surface area contributed by atoms with Crippen molar-refractivity contribution in [3.63, 3.8) is 0 Å². The Morgan fingerprint density at radius 1 is 0.929 bits per heavy atom. The topological polar surface area (TPSA) is 72.4 Å². The van der Waals surface area contributed by atoms with Gasteiger partial charge in [-0.05, 0) is 49.6 Å². The zero-order valence-electron chi connectivity index (χ0n) is 15.3. The van der Waals surface area contributed by atoms with E-state index in [4.69, 9.17) is 8.94 Å². The second-order valence-corrected chi connectivity index (χ2v) is 7.01. The Morgan fingerprint density at radius 2 is 1.75 bits per heavy atom. The van der Waals surface area contributed by atoms with Crippen molar-refractivity contribution >= 4 is 16.7 Å². The molecule has 6 nitrogen and oxygen atoms in total. The molecule has 0 unspecified atom stereocenters. The molecule has 28 heavy (non-hydrogen) atoms. The summed E-state index contributed by atoms with van der Waals surface area (Å²) in [6.45, 7) is 2.08. The molecule has 0 N–H and O–H groups in total. The summed E-state index contributed by atoms with van der Waals surface area (Å²) in [5.41, 5.74) is 2.29. The lowest BCUT2D eigenvalue weighted by molar-refractivity contribution is 0.432. The van der Waals surface area contributed by atoms with Gasteiger partial charge in [0.2, 0.25) is 5.82 Å². The first-order valence-electron chi connectivity index (χ1n) is 9.50. The minimum absolute atomic E-state index is 0.231. The molecule has 0 saturated carbocycles. The van der Waals surface area contributed by atoms with Gasteiger partial charge in [-0.3, -0.25) is 0 Å². The summed E-state index contributed by atoms with van der Waals surface area (Å²) >= 11 is 0. The number of aromatic nitrogens is 2. The average molecular weight is 373 g/mol. The Morgan fingerprint density at radius 3 is 2.57 bits per heavy atom. The molecule has 1 saturated heterocycles. The molecule has 0 atom stereocenters. The van der Waals surface area contributed by atoms with Gasteiger partial charge in [-0.15, -0.1) is 0 Å². The lowest BCUT2D eigenvalue weighted by Gasteiger charge is -2.28. The third-order valence-electron chi connectivity index (χ3n) is 5.13. The molecule has 140 valence electrons. The molecule has 0 aliphatic carbocycles. The van der Waals surface area contributed by atoms with Gasteiger partial charge in [0.25, 0.3) is 5.89 Å². The Bertz CT molecular complexity index is 1170. The molecule has 0 spiro atoms. The second kappa shape index (κ2) is 6.96. The highest BCUT2D eigenvalue weighted by atomic mass is 16.5. The monoisotopic (exact) mass is 373 g/mol. The first kappa shape index (κ1) is 16.7. The SMILES string of the molecule is O=c1oc2cc(N3CCCCC3)ccc2cc1-c1noc(-c2ccccc2)n1. The Kier molecular flexibility index (Phi) is 4.16. The zero-order valence-corrected chi connectivity index (χ0v) is 15.3. The van der Waals surface area contributed by atoms with Crippen molar-refractivity contribution in [1.82, 2.24) is 10.1 Å². The van der Waals surface area contributed by atoms with Gasteiger partial charge < -0.3 is 13.8 Å². The maximum atomic E-state index is 12.6. The summed E-state index contributed by atoms with van der Waals surface area (Å²) in [7, 11) is 0. The molecule has 0 amide bonds. The van der Waals surface area contributed by atoms with Gasteiger partial charge in [0.05, 0.1) is 0 Å². The quantitative estimate of drug-likeness (QED) is 0.492. The van der Waals surface area contributed by atoms with Crippen LogP contribution in [0.2, 0.25) is 0 Å². The number of rotatable bonds is 3. The Hall–Kier alpha value is -3.41. The fourth-order valence-electron chi connectivity index (χ4n) is 3.64. The molecule has 1 aliphatic heterocycles. The van der Waals surface area contributed by atoms with Gasteiger partial charge in [0.1, 0.15) is 11.1 Å². The van der Waals surface area contributed by atoms with Crippen LogP contribution in [0.4, 0.5) is 5.69 Å². The van der Waals surface area contributed by atoms with Crippen molar-refractivity contribution in [2.45, 2.75) is 19.3 Å². The zero-order chi connectivity index (χ0) is 18.9. The minimum atomic E-state index is -0.469. The smallest absolute Gasteiger partial charge is 0.347 e. The van der Waals surface area contributed by atoms with Crippen LogP contribution >= 0.6 is 0 Å².